The van der Waals surface area contributed by atoms with Gasteiger partial charge in [0.2, 0.25) is 0 Å². The fourth-order valence-corrected chi connectivity index (χ4v) is 1.04. The van der Waals surface area contributed by atoms with Crippen LogP contribution in [0.25, 0.3) is 0 Å². The van der Waals surface area contributed by atoms with Crippen molar-refractivity contribution in [2.24, 2.45) is 0 Å². The predicted molar refractivity (Wildman–Crippen MR) is 48.5 cm³/mol. The topological polar surface area (TPSA) is 21.7 Å². The van der Waals surface area contributed by atoms with Crippen LogP contribution in [0.2, 0.25) is 0 Å². The molecule has 0 amide bonds. The molecular formula is C7H18AlNO2. The highest BCUT2D eigenvalue weighted by Crippen LogP contribution is 1.84. The Morgan fingerprint density at radius 1 is 1.27 bits per heavy atom. The molecule has 66 valence electrons. The van der Waals surface area contributed by atoms with Crippen LogP contribution in [-0.2, 0) is 9.47 Å². The normalized spacial score (nSPS) is 10.8. The SMILES string of the molecule is COCCOCCC[N](C)[AlH2]. The van der Waals surface area contributed by atoms with Gasteiger partial charge in [0.25, 0.3) is 0 Å². The van der Waals surface area contributed by atoms with Crippen molar-refractivity contribution < 1.29 is 9.47 Å². The van der Waals surface area contributed by atoms with E-state index in [0.717, 1.165) is 42.7 Å². The number of rotatable bonds is 7. The second-order valence-electron chi connectivity index (χ2n) is 2.76. The molecule has 0 aliphatic rings. The standard InChI is InChI=1S/C7H16NO2.Al.2H/c1-8-4-3-5-10-7-6-9-2;;;/h3-7H2,1-2H3;;;/q-1;+1;;. The summed E-state index contributed by atoms with van der Waals surface area (Å²) in [5.74, 6) is 0. The van der Waals surface area contributed by atoms with Gasteiger partial charge in [-0.2, -0.15) is 0 Å². The van der Waals surface area contributed by atoms with Crippen LogP contribution in [0.3, 0.4) is 0 Å². The van der Waals surface area contributed by atoms with Gasteiger partial charge in [-0.3, -0.25) is 0 Å². The zero-order chi connectivity index (χ0) is 8.53. The van der Waals surface area contributed by atoms with E-state index in [2.05, 4.69) is 10.9 Å². The first-order valence-electron chi connectivity index (χ1n) is 3.98. The maximum Gasteiger partial charge on any atom is 0.321 e. The molecule has 4 heteroatoms. The second kappa shape index (κ2) is 8.51. The van der Waals surface area contributed by atoms with Gasteiger partial charge in [0.1, 0.15) is 0 Å². The van der Waals surface area contributed by atoms with E-state index >= 15 is 0 Å². The van der Waals surface area contributed by atoms with Crippen molar-refractivity contribution in [2.45, 2.75) is 6.42 Å². The minimum atomic E-state index is 0.705. The van der Waals surface area contributed by atoms with E-state index in [0.29, 0.717) is 6.61 Å². The van der Waals surface area contributed by atoms with E-state index in [9.17, 15) is 0 Å². The van der Waals surface area contributed by atoms with E-state index in [1.807, 2.05) is 0 Å². The highest BCUT2D eigenvalue weighted by Gasteiger charge is 1.90. The van der Waals surface area contributed by atoms with Gasteiger partial charge >= 0.3 is 16.5 Å². The summed E-state index contributed by atoms with van der Waals surface area (Å²) in [6, 6.07) is 0. The van der Waals surface area contributed by atoms with Crippen LogP contribution in [-0.4, -0.2) is 60.9 Å². The molecule has 0 bridgehead atoms. The summed E-state index contributed by atoms with van der Waals surface area (Å²) in [5, 5.41) is 0. The molecule has 3 nitrogen and oxygen atoms in total. The number of methoxy groups -OCH3 is 1. The third-order valence-electron chi connectivity index (χ3n) is 1.33. The molecule has 0 atom stereocenters. The van der Waals surface area contributed by atoms with Crippen molar-refractivity contribution in [1.82, 2.24) is 3.88 Å². The van der Waals surface area contributed by atoms with Gasteiger partial charge in [-0.1, -0.05) is 0 Å². The highest BCUT2D eigenvalue weighted by atomic mass is 27.1. The summed E-state index contributed by atoms with van der Waals surface area (Å²) >= 11 is 1.14. The Bertz CT molecular complexity index is 80.8. The van der Waals surface area contributed by atoms with Crippen LogP contribution in [0.5, 0.6) is 0 Å². The Morgan fingerprint density at radius 2 is 2.00 bits per heavy atom. The molecule has 0 fully saturated rings. The molecule has 0 aromatic heterocycles. The molecule has 0 spiro atoms. The third kappa shape index (κ3) is 10.4. The average Bonchev–Trinajstić information content (AvgIpc) is 1.96. The first-order valence-corrected chi connectivity index (χ1v) is 4.88. The van der Waals surface area contributed by atoms with Crippen LogP contribution < -0.4 is 0 Å². The molecule has 0 aliphatic carbocycles. The lowest BCUT2D eigenvalue weighted by Gasteiger charge is -2.09. The van der Waals surface area contributed by atoms with Crippen LogP contribution in [0.1, 0.15) is 6.42 Å². The van der Waals surface area contributed by atoms with Crippen molar-refractivity contribution in [2.75, 3.05) is 40.5 Å². The first-order chi connectivity index (χ1) is 5.27. The molecule has 11 heavy (non-hydrogen) atoms. The second-order valence-corrected chi connectivity index (χ2v) is 4.29. The lowest BCUT2D eigenvalue weighted by Crippen LogP contribution is -2.17. The molecule has 0 heterocycles. The smallest absolute Gasteiger partial charge is 0.321 e. The quantitative estimate of drug-likeness (QED) is 0.385. The molecule has 0 unspecified atom stereocenters. The monoisotopic (exact) mass is 175 g/mol. The fraction of sp³-hybridized carbons (Fsp3) is 1.00. The third-order valence-corrected chi connectivity index (χ3v) is 1.77. The molecule has 0 saturated carbocycles. The molecule has 0 rings (SSSR count). The molecule has 0 N–H and O–H groups in total. The van der Waals surface area contributed by atoms with Gasteiger partial charge in [-0.25, -0.2) is 0 Å². The minimum absolute atomic E-state index is 0.705. The van der Waals surface area contributed by atoms with E-state index in [1.54, 1.807) is 7.11 Å². The Kier molecular flexibility index (Phi) is 8.83. The van der Waals surface area contributed by atoms with E-state index in [4.69, 9.17) is 9.47 Å². The fourth-order valence-electron chi connectivity index (χ4n) is 0.727. The lowest BCUT2D eigenvalue weighted by molar-refractivity contribution is 0.0683. The Balaban J connectivity index is 2.80. The van der Waals surface area contributed by atoms with Crippen molar-refractivity contribution in [3.05, 3.63) is 0 Å². The van der Waals surface area contributed by atoms with E-state index in [1.165, 1.54) is 0 Å². The first kappa shape index (κ1) is 11.4. The lowest BCUT2D eigenvalue weighted by atomic mass is 10.4. The summed E-state index contributed by atoms with van der Waals surface area (Å²) in [6.45, 7) is 3.44. The summed E-state index contributed by atoms with van der Waals surface area (Å²) in [7, 11) is 3.82. The maximum absolute atomic E-state index is 5.29. The van der Waals surface area contributed by atoms with Crippen molar-refractivity contribution in [3.63, 3.8) is 0 Å². The number of hydrogen-bond donors (Lipinski definition) is 0. The zero-order valence-corrected chi connectivity index (χ0v) is 9.80. The summed E-state index contributed by atoms with van der Waals surface area (Å²) < 4.78 is 12.4. The maximum atomic E-state index is 5.29. The van der Waals surface area contributed by atoms with Gasteiger partial charge < -0.3 is 13.4 Å². The van der Waals surface area contributed by atoms with Crippen LogP contribution in [0.4, 0.5) is 0 Å². The summed E-state index contributed by atoms with van der Waals surface area (Å²) in [4.78, 5) is 0. The highest BCUT2D eigenvalue weighted by molar-refractivity contribution is 6.04. The van der Waals surface area contributed by atoms with Crippen molar-refractivity contribution >= 4 is 16.5 Å². The predicted octanol–water partition coefficient (Wildman–Crippen LogP) is -0.481. The molecule has 0 aromatic rings. The minimum Gasteiger partial charge on any atom is -0.393 e. The number of hydrogen-bond acceptors (Lipinski definition) is 3. The Labute approximate surface area is 77.3 Å². The number of ether oxygens (including phenoxy) is 2. The van der Waals surface area contributed by atoms with Crippen LogP contribution in [0.15, 0.2) is 0 Å². The van der Waals surface area contributed by atoms with Crippen molar-refractivity contribution in [3.8, 4) is 0 Å². The van der Waals surface area contributed by atoms with Gasteiger partial charge in [-0.15, -0.1) is 0 Å². The Morgan fingerprint density at radius 3 is 2.55 bits per heavy atom. The van der Waals surface area contributed by atoms with E-state index < -0.39 is 0 Å². The van der Waals surface area contributed by atoms with Gasteiger partial charge in [0, 0.05) is 13.7 Å². The molecule has 0 aliphatic heterocycles. The summed E-state index contributed by atoms with van der Waals surface area (Å²) in [6.07, 6.45) is 1.13. The van der Waals surface area contributed by atoms with Crippen molar-refractivity contribution in [1.29, 1.82) is 0 Å². The van der Waals surface area contributed by atoms with Crippen LogP contribution >= 0.6 is 0 Å². The molecule has 0 aromatic carbocycles. The van der Waals surface area contributed by atoms with E-state index in [-0.39, 0.29) is 0 Å². The molecular weight excluding hydrogens is 157 g/mol. The van der Waals surface area contributed by atoms with Gasteiger partial charge in [0.05, 0.1) is 13.2 Å². The Hall–Kier alpha value is 0.412. The molecule has 0 saturated heterocycles. The molecule has 0 radical (unpaired) electrons. The van der Waals surface area contributed by atoms with Gasteiger partial charge in [0.15, 0.2) is 0 Å². The number of nitrogens with zero attached hydrogens (tertiary/aromatic N) is 1. The zero-order valence-electron chi connectivity index (χ0n) is 7.80. The average molecular weight is 175 g/mol. The largest absolute Gasteiger partial charge is 0.393 e. The van der Waals surface area contributed by atoms with Gasteiger partial charge in [-0.05, 0) is 20.0 Å². The summed E-state index contributed by atoms with van der Waals surface area (Å²) in [5.41, 5.74) is 0. The van der Waals surface area contributed by atoms with Crippen LogP contribution in [0, 0.1) is 0 Å².